The van der Waals surface area contributed by atoms with E-state index in [0.29, 0.717) is 16.9 Å². The molecule has 0 saturated heterocycles. The van der Waals surface area contributed by atoms with Crippen molar-refractivity contribution >= 4 is 21.9 Å². The summed E-state index contributed by atoms with van der Waals surface area (Å²) in [5, 5.41) is 0. The average molecular weight is 405 g/mol. The van der Waals surface area contributed by atoms with E-state index in [4.69, 9.17) is 4.74 Å². The van der Waals surface area contributed by atoms with Crippen LogP contribution in [0, 0.1) is 28.1 Å². The molecule has 0 amide bonds. The fourth-order valence-corrected chi connectivity index (χ4v) is 7.24. The minimum Gasteiger partial charge on any atom is -0.458 e. The van der Waals surface area contributed by atoms with Gasteiger partial charge in [-0.25, -0.2) is 4.79 Å². The number of hydrogen-bond acceptors (Lipinski definition) is 2. The number of benzene rings is 1. The van der Waals surface area contributed by atoms with E-state index in [1.165, 1.54) is 32.1 Å². The van der Waals surface area contributed by atoms with E-state index in [1.54, 1.807) is 0 Å². The third-order valence-electron chi connectivity index (χ3n) is 7.97. The summed E-state index contributed by atoms with van der Waals surface area (Å²) in [6, 6.07) is 7.51. The summed E-state index contributed by atoms with van der Waals surface area (Å²) in [7, 11) is 0. The highest BCUT2D eigenvalue weighted by Crippen LogP contribution is 2.73. The number of rotatable bonds is 2. The predicted molar refractivity (Wildman–Crippen MR) is 103 cm³/mol. The first kappa shape index (κ1) is 17.6. The van der Waals surface area contributed by atoms with Crippen molar-refractivity contribution in [2.75, 3.05) is 0 Å². The standard InChI is InChI=1S/C22H29BrO2/c1-14-5-10-17-20(2,3)19(21(4)11-12-22(14,17)13-21)25-18(24)15-6-8-16(23)9-7-15/h6-9,14,17,19H,5,10-13H2,1-4H3/t14-,17-,19-,21-,22-/m1/s1. The Bertz CT molecular complexity index is 694. The molecule has 3 fully saturated rings. The molecule has 1 aromatic rings. The molecule has 0 aromatic heterocycles. The molecule has 0 N–H and O–H groups in total. The highest BCUT2D eigenvalue weighted by atomic mass is 79.9. The van der Waals surface area contributed by atoms with Crippen LogP contribution in [-0.4, -0.2) is 12.1 Å². The molecule has 1 spiro atoms. The Morgan fingerprint density at radius 2 is 1.80 bits per heavy atom. The smallest absolute Gasteiger partial charge is 0.338 e. The Balaban J connectivity index is 1.65. The summed E-state index contributed by atoms with van der Waals surface area (Å²) in [4.78, 5) is 12.8. The monoisotopic (exact) mass is 404 g/mol. The van der Waals surface area contributed by atoms with Gasteiger partial charge in [-0.15, -0.1) is 0 Å². The number of carbonyl (C=O) groups is 1. The van der Waals surface area contributed by atoms with Crippen LogP contribution in [0.5, 0.6) is 0 Å². The van der Waals surface area contributed by atoms with Crippen LogP contribution in [0.1, 0.15) is 70.2 Å². The third kappa shape index (κ3) is 2.44. The Morgan fingerprint density at radius 3 is 2.48 bits per heavy atom. The lowest BCUT2D eigenvalue weighted by molar-refractivity contribution is -0.142. The Labute approximate surface area is 159 Å². The molecule has 3 aliphatic carbocycles. The van der Waals surface area contributed by atoms with Crippen molar-refractivity contribution in [2.24, 2.45) is 28.1 Å². The van der Waals surface area contributed by atoms with Gasteiger partial charge < -0.3 is 4.74 Å². The van der Waals surface area contributed by atoms with Crippen LogP contribution in [-0.2, 0) is 4.74 Å². The SMILES string of the molecule is C[C@@H]1CC[C@@H]2C(C)(C)[C@@H](OC(=O)c3ccc(Br)cc3)[C@]3(C)CC[C@@]12C3. The van der Waals surface area contributed by atoms with Gasteiger partial charge in [0.05, 0.1) is 5.56 Å². The van der Waals surface area contributed by atoms with Crippen LogP contribution in [0.4, 0.5) is 0 Å². The van der Waals surface area contributed by atoms with Crippen molar-refractivity contribution in [2.45, 2.75) is 65.9 Å². The molecule has 25 heavy (non-hydrogen) atoms. The van der Waals surface area contributed by atoms with E-state index in [2.05, 4.69) is 43.6 Å². The van der Waals surface area contributed by atoms with E-state index in [0.717, 1.165) is 10.4 Å². The zero-order chi connectivity index (χ0) is 18.0. The summed E-state index contributed by atoms with van der Waals surface area (Å²) in [5.74, 6) is 1.31. The minimum atomic E-state index is -0.169. The summed E-state index contributed by atoms with van der Waals surface area (Å²) in [6.45, 7) is 9.53. The third-order valence-corrected chi connectivity index (χ3v) is 8.50. The number of halogens is 1. The van der Waals surface area contributed by atoms with Gasteiger partial charge >= 0.3 is 5.97 Å². The first-order valence-corrected chi connectivity index (χ1v) is 10.4. The quantitative estimate of drug-likeness (QED) is 0.545. The van der Waals surface area contributed by atoms with Crippen molar-refractivity contribution in [3.63, 3.8) is 0 Å². The molecule has 5 atom stereocenters. The van der Waals surface area contributed by atoms with Gasteiger partial charge in [0.1, 0.15) is 6.10 Å². The summed E-state index contributed by atoms with van der Waals surface area (Å²) < 4.78 is 7.23. The number of hydrogen-bond donors (Lipinski definition) is 0. The van der Waals surface area contributed by atoms with Crippen LogP contribution < -0.4 is 0 Å². The Hall–Kier alpha value is -0.830. The lowest BCUT2D eigenvalue weighted by Crippen LogP contribution is -2.56. The van der Waals surface area contributed by atoms with Gasteiger partial charge in [0.15, 0.2) is 0 Å². The van der Waals surface area contributed by atoms with E-state index < -0.39 is 0 Å². The Morgan fingerprint density at radius 1 is 1.12 bits per heavy atom. The second kappa shape index (κ2) is 5.58. The van der Waals surface area contributed by atoms with Gasteiger partial charge in [0, 0.05) is 15.3 Å². The van der Waals surface area contributed by atoms with Crippen molar-refractivity contribution < 1.29 is 9.53 Å². The second-order valence-corrected chi connectivity index (χ2v) is 10.6. The molecule has 0 aliphatic heterocycles. The minimum absolute atomic E-state index is 0.00192. The molecule has 0 radical (unpaired) electrons. The number of esters is 1. The lowest BCUT2D eigenvalue weighted by atomic mass is 9.51. The first-order valence-electron chi connectivity index (χ1n) is 9.66. The van der Waals surface area contributed by atoms with Crippen molar-refractivity contribution in [1.29, 1.82) is 0 Å². The predicted octanol–water partition coefficient (Wildman–Crippen LogP) is 6.24. The maximum absolute atomic E-state index is 12.8. The van der Waals surface area contributed by atoms with Gasteiger partial charge in [-0.05, 0) is 73.6 Å². The molecule has 2 bridgehead atoms. The largest absolute Gasteiger partial charge is 0.458 e. The number of carbonyl (C=O) groups excluding carboxylic acids is 1. The van der Waals surface area contributed by atoms with Gasteiger partial charge in [-0.2, -0.15) is 0 Å². The molecule has 3 saturated carbocycles. The molecule has 4 rings (SSSR count). The molecule has 3 aliphatic rings. The molecule has 136 valence electrons. The molecule has 0 unspecified atom stereocenters. The van der Waals surface area contributed by atoms with Crippen LogP contribution in [0.2, 0.25) is 0 Å². The summed E-state index contributed by atoms with van der Waals surface area (Å²) >= 11 is 3.43. The fraction of sp³-hybridized carbons (Fsp3) is 0.682. The van der Waals surface area contributed by atoms with E-state index in [9.17, 15) is 4.79 Å². The van der Waals surface area contributed by atoms with E-state index in [-0.39, 0.29) is 22.9 Å². The van der Waals surface area contributed by atoms with E-state index >= 15 is 0 Å². The molecular formula is C22H29BrO2. The molecule has 1 aromatic carbocycles. The van der Waals surface area contributed by atoms with Crippen LogP contribution in [0.3, 0.4) is 0 Å². The maximum atomic E-state index is 12.8. The lowest BCUT2D eigenvalue weighted by Gasteiger charge is -2.56. The van der Waals surface area contributed by atoms with E-state index in [1.807, 2.05) is 24.3 Å². The summed E-state index contributed by atoms with van der Waals surface area (Å²) in [5.41, 5.74) is 1.29. The van der Waals surface area contributed by atoms with Crippen LogP contribution in [0.25, 0.3) is 0 Å². The highest BCUT2D eigenvalue weighted by molar-refractivity contribution is 9.10. The normalized spacial score (nSPS) is 41.4. The molecular weight excluding hydrogens is 376 g/mol. The Kier molecular flexibility index (Phi) is 3.92. The van der Waals surface area contributed by atoms with Gasteiger partial charge in [0.2, 0.25) is 0 Å². The van der Waals surface area contributed by atoms with Gasteiger partial charge in [-0.1, -0.05) is 43.6 Å². The van der Waals surface area contributed by atoms with Crippen LogP contribution >= 0.6 is 15.9 Å². The average Bonchev–Trinajstić information content (AvgIpc) is 3.05. The van der Waals surface area contributed by atoms with Crippen LogP contribution in [0.15, 0.2) is 28.7 Å². The zero-order valence-corrected chi connectivity index (χ0v) is 17.4. The maximum Gasteiger partial charge on any atom is 0.338 e. The van der Waals surface area contributed by atoms with Crippen molar-refractivity contribution in [3.8, 4) is 0 Å². The van der Waals surface area contributed by atoms with Gasteiger partial charge in [-0.3, -0.25) is 0 Å². The topological polar surface area (TPSA) is 26.3 Å². The summed E-state index contributed by atoms with van der Waals surface area (Å²) in [6.07, 6.45) is 6.35. The van der Waals surface area contributed by atoms with Crippen molar-refractivity contribution in [3.05, 3.63) is 34.3 Å². The van der Waals surface area contributed by atoms with Gasteiger partial charge in [0.25, 0.3) is 0 Å². The fourth-order valence-electron chi connectivity index (χ4n) is 6.97. The zero-order valence-electron chi connectivity index (χ0n) is 15.8. The molecule has 3 heteroatoms. The molecule has 0 heterocycles. The first-order chi connectivity index (χ1) is 11.7. The number of ether oxygens (including phenoxy) is 1. The van der Waals surface area contributed by atoms with Crippen molar-refractivity contribution in [1.82, 2.24) is 0 Å². The highest BCUT2D eigenvalue weighted by Gasteiger charge is 2.69. The molecule has 2 nitrogen and oxygen atoms in total. The second-order valence-electron chi connectivity index (χ2n) is 9.71. The number of fused-ring (bicyclic) bond motifs is 1.